The van der Waals surface area contributed by atoms with Crippen molar-refractivity contribution >= 4 is 27.4 Å². The maximum Gasteiger partial charge on any atom is 0.138 e. The highest BCUT2D eigenvalue weighted by molar-refractivity contribution is 7.16. The number of aromatic nitrogens is 2. The summed E-state index contributed by atoms with van der Waals surface area (Å²) in [4.78, 5) is 9.58. The number of anilines is 1. The van der Waals surface area contributed by atoms with Gasteiger partial charge in [-0.25, -0.2) is 9.97 Å². The highest BCUT2D eigenvalue weighted by atomic mass is 32.1. The highest BCUT2D eigenvalue weighted by Crippen LogP contribution is 2.24. The van der Waals surface area contributed by atoms with E-state index in [1.165, 1.54) is 0 Å². The zero-order chi connectivity index (χ0) is 11.5. The average molecular weight is 235 g/mol. The van der Waals surface area contributed by atoms with Gasteiger partial charge in [-0.1, -0.05) is 20.8 Å². The summed E-state index contributed by atoms with van der Waals surface area (Å²) in [6, 6.07) is 2.07. The molecule has 4 heteroatoms. The van der Waals surface area contributed by atoms with Gasteiger partial charge in [0.15, 0.2) is 0 Å². The Morgan fingerprint density at radius 1 is 1.31 bits per heavy atom. The predicted molar refractivity (Wildman–Crippen MR) is 69.9 cm³/mol. The van der Waals surface area contributed by atoms with Gasteiger partial charge in [-0.2, -0.15) is 0 Å². The first-order chi connectivity index (χ1) is 7.68. The Morgan fingerprint density at radius 2 is 2.12 bits per heavy atom. The van der Waals surface area contributed by atoms with Gasteiger partial charge in [-0.05, 0) is 23.3 Å². The molecule has 0 bridgehead atoms. The molecular weight excluding hydrogens is 218 g/mol. The summed E-state index contributed by atoms with van der Waals surface area (Å²) in [6.45, 7) is 7.70. The van der Waals surface area contributed by atoms with E-state index in [1.807, 2.05) is 0 Å². The molecular formula is C12H17N3S. The summed E-state index contributed by atoms with van der Waals surface area (Å²) < 4.78 is 0. The topological polar surface area (TPSA) is 37.8 Å². The van der Waals surface area contributed by atoms with Crippen LogP contribution in [0.2, 0.25) is 0 Å². The number of hydrogen-bond acceptors (Lipinski definition) is 4. The van der Waals surface area contributed by atoms with Crippen LogP contribution in [0.5, 0.6) is 0 Å². The van der Waals surface area contributed by atoms with Crippen LogP contribution in [0.25, 0.3) is 10.2 Å². The van der Waals surface area contributed by atoms with Gasteiger partial charge in [0.1, 0.15) is 17.0 Å². The van der Waals surface area contributed by atoms with Crippen LogP contribution >= 0.6 is 11.3 Å². The number of hydrogen-bond donors (Lipinski definition) is 1. The Hall–Kier alpha value is -1.16. The van der Waals surface area contributed by atoms with Crippen molar-refractivity contribution in [2.45, 2.75) is 20.8 Å². The number of thiophene rings is 1. The molecule has 0 saturated carbocycles. The summed E-state index contributed by atoms with van der Waals surface area (Å²) in [5.41, 5.74) is 0. The second-order valence-corrected chi connectivity index (χ2v) is 5.36. The number of fused-ring (bicyclic) bond motifs is 1. The van der Waals surface area contributed by atoms with Crippen molar-refractivity contribution in [1.82, 2.24) is 9.97 Å². The Morgan fingerprint density at radius 3 is 2.88 bits per heavy atom. The van der Waals surface area contributed by atoms with Crippen LogP contribution in [0.4, 0.5) is 5.82 Å². The first kappa shape index (κ1) is 11.3. The van der Waals surface area contributed by atoms with E-state index in [2.05, 4.69) is 47.5 Å². The molecule has 0 aliphatic carbocycles. The molecule has 0 aliphatic heterocycles. The van der Waals surface area contributed by atoms with Crippen molar-refractivity contribution in [3.8, 4) is 0 Å². The lowest BCUT2D eigenvalue weighted by Gasteiger charge is -2.16. The largest absolute Gasteiger partial charge is 0.369 e. The first-order valence-electron chi connectivity index (χ1n) is 5.60. The molecule has 1 N–H and O–H groups in total. The van der Waals surface area contributed by atoms with Crippen molar-refractivity contribution in [3.63, 3.8) is 0 Å². The van der Waals surface area contributed by atoms with Gasteiger partial charge in [-0.3, -0.25) is 0 Å². The smallest absolute Gasteiger partial charge is 0.138 e. The maximum absolute atomic E-state index is 4.29. The molecule has 0 amide bonds. The molecule has 1 unspecified atom stereocenters. The fourth-order valence-electron chi connectivity index (χ4n) is 1.42. The zero-order valence-electron chi connectivity index (χ0n) is 9.90. The van der Waals surface area contributed by atoms with Crippen LogP contribution in [0, 0.1) is 11.8 Å². The van der Waals surface area contributed by atoms with E-state index in [9.17, 15) is 0 Å². The summed E-state index contributed by atoms with van der Waals surface area (Å²) >= 11 is 1.65. The minimum atomic E-state index is 0.642. The lowest BCUT2D eigenvalue weighted by atomic mass is 9.98. The molecule has 0 aromatic carbocycles. The van der Waals surface area contributed by atoms with E-state index in [-0.39, 0.29) is 0 Å². The van der Waals surface area contributed by atoms with Crippen molar-refractivity contribution in [3.05, 3.63) is 17.8 Å². The van der Waals surface area contributed by atoms with E-state index < -0.39 is 0 Å². The van der Waals surface area contributed by atoms with Crippen LogP contribution in [-0.4, -0.2) is 16.5 Å². The summed E-state index contributed by atoms with van der Waals surface area (Å²) in [7, 11) is 0. The fraction of sp³-hybridized carbons (Fsp3) is 0.500. The van der Waals surface area contributed by atoms with E-state index in [0.717, 1.165) is 22.6 Å². The first-order valence-corrected chi connectivity index (χ1v) is 6.48. The van der Waals surface area contributed by atoms with Crippen LogP contribution in [0.3, 0.4) is 0 Å². The third-order valence-electron chi connectivity index (χ3n) is 2.99. The molecule has 16 heavy (non-hydrogen) atoms. The van der Waals surface area contributed by atoms with Gasteiger partial charge in [0.2, 0.25) is 0 Å². The Bertz CT molecular complexity index is 464. The van der Waals surface area contributed by atoms with E-state index in [4.69, 9.17) is 0 Å². The second kappa shape index (κ2) is 4.78. The summed E-state index contributed by atoms with van der Waals surface area (Å²) in [5.74, 6) is 2.29. The van der Waals surface area contributed by atoms with Crippen molar-refractivity contribution in [2.75, 3.05) is 11.9 Å². The summed E-state index contributed by atoms with van der Waals surface area (Å²) in [6.07, 6.45) is 1.63. The van der Waals surface area contributed by atoms with Gasteiger partial charge < -0.3 is 5.32 Å². The zero-order valence-corrected chi connectivity index (χ0v) is 10.7. The molecule has 0 spiro atoms. The van der Waals surface area contributed by atoms with Gasteiger partial charge in [0.25, 0.3) is 0 Å². The molecule has 0 fully saturated rings. The quantitative estimate of drug-likeness (QED) is 0.882. The molecule has 86 valence electrons. The normalized spacial score (nSPS) is 13.2. The number of nitrogens with zero attached hydrogens (tertiary/aromatic N) is 2. The molecule has 2 aromatic heterocycles. The predicted octanol–water partition coefficient (Wildman–Crippen LogP) is 3.40. The van der Waals surface area contributed by atoms with Crippen LogP contribution in [-0.2, 0) is 0 Å². The lowest BCUT2D eigenvalue weighted by Crippen LogP contribution is -2.16. The fourth-order valence-corrected chi connectivity index (χ4v) is 2.16. The second-order valence-electron chi connectivity index (χ2n) is 4.46. The minimum Gasteiger partial charge on any atom is -0.369 e. The SMILES string of the molecule is CC(C)C(C)CNc1ncnc2sccc12. The minimum absolute atomic E-state index is 0.642. The Kier molecular flexibility index (Phi) is 3.39. The standard InChI is InChI=1S/C12H17N3S/c1-8(2)9(3)6-13-11-10-4-5-16-12(10)15-7-14-11/h4-5,7-9H,6H2,1-3H3,(H,13,14,15). The van der Waals surface area contributed by atoms with Crippen LogP contribution in [0.1, 0.15) is 20.8 Å². The van der Waals surface area contributed by atoms with Crippen LogP contribution in [0.15, 0.2) is 17.8 Å². The molecule has 0 aliphatic rings. The average Bonchev–Trinajstić information content (AvgIpc) is 2.73. The monoisotopic (exact) mass is 235 g/mol. The molecule has 0 saturated heterocycles. The van der Waals surface area contributed by atoms with Crippen molar-refractivity contribution < 1.29 is 0 Å². The Balaban J connectivity index is 2.12. The van der Waals surface area contributed by atoms with E-state index in [1.54, 1.807) is 17.7 Å². The number of nitrogens with one attached hydrogen (secondary N) is 1. The molecule has 2 aromatic rings. The van der Waals surface area contributed by atoms with Crippen LogP contribution < -0.4 is 5.32 Å². The molecule has 2 heterocycles. The lowest BCUT2D eigenvalue weighted by molar-refractivity contribution is 0.439. The Labute approximate surface area is 99.9 Å². The van der Waals surface area contributed by atoms with Gasteiger partial charge in [-0.15, -0.1) is 11.3 Å². The third-order valence-corrected chi connectivity index (χ3v) is 3.81. The van der Waals surface area contributed by atoms with Crippen molar-refractivity contribution in [2.24, 2.45) is 11.8 Å². The van der Waals surface area contributed by atoms with Gasteiger partial charge in [0, 0.05) is 6.54 Å². The van der Waals surface area contributed by atoms with Gasteiger partial charge >= 0.3 is 0 Å². The number of rotatable bonds is 4. The molecule has 0 radical (unpaired) electrons. The van der Waals surface area contributed by atoms with E-state index >= 15 is 0 Å². The third kappa shape index (κ3) is 2.32. The molecule has 3 nitrogen and oxygen atoms in total. The highest BCUT2D eigenvalue weighted by Gasteiger charge is 2.09. The molecule has 1 atom stereocenters. The summed E-state index contributed by atoms with van der Waals surface area (Å²) in [5, 5.41) is 6.59. The van der Waals surface area contributed by atoms with E-state index in [0.29, 0.717) is 11.8 Å². The van der Waals surface area contributed by atoms with Gasteiger partial charge in [0.05, 0.1) is 5.39 Å². The van der Waals surface area contributed by atoms with Crippen molar-refractivity contribution in [1.29, 1.82) is 0 Å². The maximum atomic E-state index is 4.29. The molecule has 2 rings (SSSR count).